The molecular formula is C32H37ClN2O5. The Kier molecular flexibility index (Phi) is 10.4. The van der Waals surface area contributed by atoms with E-state index in [0.717, 1.165) is 5.56 Å². The van der Waals surface area contributed by atoms with Gasteiger partial charge in [0.05, 0.1) is 18.2 Å². The number of ketones is 1. The molecule has 0 bridgehead atoms. The van der Waals surface area contributed by atoms with Crippen LogP contribution in [0.4, 0.5) is 0 Å². The molecule has 0 aliphatic carbocycles. The topological polar surface area (TPSA) is 79.3 Å². The second-order valence-corrected chi connectivity index (χ2v) is 10.5. The molecular weight excluding hydrogens is 528 g/mol. The van der Waals surface area contributed by atoms with E-state index in [-0.39, 0.29) is 23.7 Å². The molecule has 1 saturated heterocycles. The zero-order valence-corrected chi connectivity index (χ0v) is 24.4. The van der Waals surface area contributed by atoms with Gasteiger partial charge in [-0.2, -0.15) is 0 Å². The van der Waals surface area contributed by atoms with Gasteiger partial charge in [0.25, 0.3) is 11.7 Å². The highest BCUT2D eigenvalue weighted by Crippen LogP contribution is 2.41. The molecule has 1 amide bonds. The molecule has 1 atom stereocenters. The number of carbonyl (C=O) groups is 2. The van der Waals surface area contributed by atoms with Gasteiger partial charge in [-0.15, -0.1) is 12.4 Å². The van der Waals surface area contributed by atoms with Crippen molar-refractivity contribution in [1.82, 2.24) is 9.80 Å². The lowest BCUT2D eigenvalue weighted by atomic mass is 9.93. The van der Waals surface area contributed by atoms with Crippen molar-refractivity contribution < 1.29 is 24.2 Å². The van der Waals surface area contributed by atoms with E-state index in [0.29, 0.717) is 54.0 Å². The molecule has 0 spiro atoms. The second-order valence-electron chi connectivity index (χ2n) is 10.5. The summed E-state index contributed by atoms with van der Waals surface area (Å²) in [5.74, 6) is 0.765. The van der Waals surface area contributed by atoms with Gasteiger partial charge in [-0.05, 0) is 80.5 Å². The number of Topliss-reactive ketones (excluding diaryl/α,β-unsaturated/α-hetero) is 1. The molecule has 0 saturated carbocycles. The number of aryl methyl sites for hydroxylation is 1. The number of nitrogens with zero attached hydrogens (tertiary/aromatic N) is 2. The van der Waals surface area contributed by atoms with Crippen LogP contribution in [0, 0.1) is 12.8 Å². The predicted octanol–water partition coefficient (Wildman–Crippen LogP) is 6.23. The molecule has 0 aromatic heterocycles. The maximum absolute atomic E-state index is 13.4. The first-order valence-electron chi connectivity index (χ1n) is 13.2. The van der Waals surface area contributed by atoms with Crippen molar-refractivity contribution in [3.8, 4) is 17.2 Å². The smallest absolute Gasteiger partial charge is 0.295 e. The van der Waals surface area contributed by atoms with Gasteiger partial charge < -0.3 is 24.4 Å². The molecule has 1 unspecified atom stereocenters. The third kappa shape index (κ3) is 7.03. The van der Waals surface area contributed by atoms with Crippen LogP contribution in [0.3, 0.4) is 0 Å². The van der Waals surface area contributed by atoms with Crippen LogP contribution >= 0.6 is 12.4 Å². The summed E-state index contributed by atoms with van der Waals surface area (Å²) >= 11 is 0. The molecule has 1 heterocycles. The molecule has 1 fully saturated rings. The van der Waals surface area contributed by atoms with Gasteiger partial charge in [-0.3, -0.25) is 9.59 Å². The molecule has 8 heteroatoms. The number of hydrogen-bond acceptors (Lipinski definition) is 6. The van der Waals surface area contributed by atoms with Gasteiger partial charge in [0.15, 0.2) is 0 Å². The van der Waals surface area contributed by atoms with Crippen LogP contribution < -0.4 is 9.47 Å². The molecule has 1 N–H and O–H groups in total. The Morgan fingerprint density at radius 2 is 1.65 bits per heavy atom. The molecule has 212 valence electrons. The SMILES string of the molecule is Cc1cc(OCC(C)C)ccc1C(O)=C1C(=O)C(=O)N(CCN(C)C)C1c1cccc(Oc2ccccc2)c1.Cl. The summed E-state index contributed by atoms with van der Waals surface area (Å²) < 4.78 is 11.9. The van der Waals surface area contributed by atoms with Gasteiger partial charge in [0, 0.05) is 18.7 Å². The fourth-order valence-electron chi connectivity index (χ4n) is 4.54. The van der Waals surface area contributed by atoms with E-state index in [1.54, 1.807) is 12.1 Å². The maximum atomic E-state index is 13.4. The van der Waals surface area contributed by atoms with Crippen LogP contribution in [0.5, 0.6) is 17.2 Å². The van der Waals surface area contributed by atoms with Crippen molar-refractivity contribution in [2.24, 2.45) is 5.92 Å². The normalized spacial score (nSPS) is 16.4. The third-order valence-corrected chi connectivity index (χ3v) is 6.52. The maximum Gasteiger partial charge on any atom is 0.295 e. The van der Waals surface area contributed by atoms with E-state index in [4.69, 9.17) is 9.47 Å². The van der Waals surface area contributed by atoms with E-state index in [1.165, 1.54) is 4.90 Å². The zero-order valence-electron chi connectivity index (χ0n) is 23.6. The number of aliphatic hydroxyl groups is 1. The second kappa shape index (κ2) is 13.5. The molecule has 0 radical (unpaired) electrons. The number of rotatable bonds is 10. The Morgan fingerprint density at radius 1 is 0.950 bits per heavy atom. The van der Waals surface area contributed by atoms with E-state index >= 15 is 0 Å². The summed E-state index contributed by atoms with van der Waals surface area (Å²) in [4.78, 5) is 30.2. The number of para-hydroxylation sites is 1. The number of likely N-dealkylation sites (N-methyl/N-ethyl adjacent to an activating group) is 1. The Balaban J connectivity index is 0.00000441. The minimum Gasteiger partial charge on any atom is -0.507 e. The fraction of sp³-hybridized carbons (Fsp3) is 0.312. The number of halogens is 1. The van der Waals surface area contributed by atoms with Gasteiger partial charge in [-0.25, -0.2) is 0 Å². The molecule has 40 heavy (non-hydrogen) atoms. The largest absolute Gasteiger partial charge is 0.507 e. The Hall–Kier alpha value is -3.81. The average Bonchev–Trinajstić information content (AvgIpc) is 3.16. The number of likely N-dealkylation sites (tertiary alicyclic amines) is 1. The first-order chi connectivity index (χ1) is 18.7. The number of hydrogen-bond donors (Lipinski definition) is 1. The fourth-order valence-corrected chi connectivity index (χ4v) is 4.54. The summed E-state index contributed by atoms with van der Waals surface area (Å²) in [7, 11) is 3.82. The third-order valence-electron chi connectivity index (χ3n) is 6.52. The van der Waals surface area contributed by atoms with Crippen LogP contribution in [0.15, 0.2) is 78.4 Å². The number of amides is 1. The molecule has 3 aromatic carbocycles. The monoisotopic (exact) mass is 564 g/mol. The lowest BCUT2D eigenvalue weighted by molar-refractivity contribution is -0.140. The average molecular weight is 565 g/mol. The van der Waals surface area contributed by atoms with E-state index in [9.17, 15) is 14.7 Å². The molecule has 1 aliphatic rings. The summed E-state index contributed by atoms with van der Waals surface area (Å²) in [6.45, 7) is 7.45. The highest BCUT2D eigenvalue weighted by atomic mass is 35.5. The van der Waals surface area contributed by atoms with Crippen molar-refractivity contribution in [3.63, 3.8) is 0 Å². The Labute approximate surface area is 242 Å². The molecule has 4 rings (SSSR count). The van der Waals surface area contributed by atoms with Crippen LogP contribution in [-0.4, -0.2) is 60.4 Å². The van der Waals surface area contributed by atoms with E-state index in [1.807, 2.05) is 86.6 Å². The van der Waals surface area contributed by atoms with Crippen LogP contribution in [0.2, 0.25) is 0 Å². The van der Waals surface area contributed by atoms with Crippen LogP contribution in [0.1, 0.15) is 36.6 Å². The Bertz CT molecular complexity index is 1370. The van der Waals surface area contributed by atoms with Gasteiger partial charge >= 0.3 is 0 Å². The highest BCUT2D eigenvalue weighted by Gasteiger charge is 2.46. The van der Waals surface area contributed by atoms with E-state index < -0.39 is 17.7 Å². The molecule has 3 aromatic rings. The van der Waals surface area contributed by atoms with Crippen molar-refractivity contribution in [1.29, 1.82) is 0 Å². The quantitative estimate of drug-likeness (QED) is 0.179. The summed E-state index contributed by atoms with van der Waals surface area (Å²) in [5.41, 5.74) is 1.97. The number of aliphatic hydroxyl groups excluding tert-OH is 1. The highest BCUT2D eigenvalue weighted by molar-refractivity contribution is 6.46. The van der Waals surface area contributed by atoms with Crippen molar-refractivity contribution in [3.05, 3.63) is 95.1 Å². The van der Waals surface area contributed by atoms with Gasteiger partial charge in [-0.1, -0.05) is 44.2 Å². The molecule has 7 nitrogen and oxygen atoms in total. The predicted molar refractivity (Wildman–Crippen MR) is 159 cm³/mol. The van der Waals surface area contributed by atoms with Crippen molar-refractivity contribution in [2.75, 3.05) is 33.8 Å². The van der Waals surface area contributed by atoms with Gasteiger partial charge in [0.1, 0.15) is 23.0 Å². The Morgan fingerprint density at radius 3 is 2.30 bits per heavy atom. The van der Waals surface area contributed by atoms with Crippen molar-refractivity contribution >= 4 is 29.9 Å². The number of carbonyl (C=O) groups excluding carboxylic acids is 2. The molecule has 1 aliphatic heterocycles. The zero-order chi connectivity index (χ0) is 28.1. The number of benzene rings is 3. The lowest BCUT2D eigenvalue weighted by Crippen LogP contribution is -2.35. The first-order valence-corrected chi connectivity index (χ1v) is 13.2. The lowest BCUT2D eigenvalue weighted by Gasteiger charge is -2.27. The summed E-state index contributed by atoms with van der Waals surface area (Å²) in [6.07, 6.45) is 0. The minimum absolute atomic E-state index is 0. The minimum atomic E-state index is -0.763. The van der Waals surface area contributed by atoms with Crippen molar-refractivity contribution in [2.45, 2.75) is 26.8 Å². The number of ether oxygens (including phenoxy) is 2. The summed E-state index contributed by atoms with van der Waals surface area (Å²) in [6, 6.07) is 21.3. The van der Waals surface area contributed by atoms with Gasteiger partial charge in [0.2, 0.25) is 0 Å². The summed E-state index contributed by atoms with van der Waals surface area (Å²) in [5, 5.41) is 11.5. The van der Waals surface area contributed by atoms with Crippen LogP contribution in [-0.2, 0) is 9.59 Å². The first kappa shape index (κ1) is 30.7. The van der Waals surface area contributed by atoms with E-state index in [2.05, 4.69) is 13.8 Å². The standard InChI is InChI=1S/C32H36N2O5.ClH/c1-21(2)20-38-25-14-15-27(22(3)18-25)30(35)28-29(34(17-16-33(4)5)32(37)31(28)36)23-10-9-13-26(19-23)39-24-11-7-6-8-12-24;/h6-15,18-19,21,29,35H,16-17,20H2,1-5H3;1H. The van der Waals surface area contributed by atoms with Crippen LogP contribution in [0.25, 0.3) is 5.76 Å².